The number of hydrogen-bond acceptors (Lipinski definition) is 4. The van der Waals surface area contributed by atoms with Crippen LogP contribution in [-0.4, -0.2) is 38.3 Å². The topological polar surface area (TPSA) is 60.0 Å². The van der Waals surface area contributed by atoms with Gasteiger partial charge in [-0.05, 0) is 60.1 Å². The maximum Gasteiger partial charge on any atom is 0.322 e. The molecular weight excluding hydrogens is 512 g/mol. The molecule has 0 aliphatic heterocycles. The van der Waals surface area contributed by atoms with Gasteiger partial charge in [-0.1, -0.05) is 76.2 Å². The van der Waals surface area contributed by atoms with Crippen LogP contribution in [0.4, 0.5) is 10.5 Å². The van der Waals surface area contributed by atoms with Crippen molar-refractivity contribution in [2.75, 3.05) is 26.6 Å². The summed E-state index contributed by atoms with van der Waals surface area (Å²) in [6, 6.07) is 20.8. The number of hydrogen-bond donors (Lipinski definition) is 1. The first-order valence-corrected chi connectivity index (χ1v) is 14.8. The number of methoxy groups -OCH3 is 3. The molecule has 6 heteroatoms. The van der Waals surface area contributed by atoms with Gasteiger partial charge < -0.3 is 24.4 Å². The van der Waals surface area contributed by atoms with Crippen molar-refractivity contribution in [2.45, 2.75) is 83.7 Å². The highest BCUT2D eigenvalue weighted by atomic mass is 16.5. The van der Waals surface area contributed by atoms with Crippen LogP contribution in [0.1, 0.15) is 93.4 Å². The SMILES string of the molecule is COc1cc(OC)c(CN(C(=O)Nc2c(C(C)C)cccc2C(C)C)C2CCC(c3ccccc3)CC2)c(OC)c1. The van der Waals surface area contributed by atoms with E-state index in [0.717, 1.165) is 48.1 Å². The van der Waals surface area contributed by atoms with E-state index in [9.17, 15) is 4.79 Å². The summed E-state index contributed by atoms with van der Waals surface area (Å²) < 4.78 is 17.0. The molecule has 3 aromatic rings. The predicted octanol–water partition coefficient (Wildman–Crippen LogP) is 8.72. The summed E-state index contributed by atoms with van der Waals surface area (Å²) >= 11 is 0. The Hall–Kier alpha value is -3.67. The lowest BCUT2D eigenvalue weighted by Gasteiger charge is -2.38. The summed E-state index contributed by atoms with van der Waals surface area (Å²) in [4.78, 5) is 16.3. The van der Waals surface area contributed by atoms with E-state index < -0.39 is 0 Å². The molecule has 0 aromatic heterocycles. The number of nitrogens with one attached hydrogen (secondary N) is 1. The molecule has 41 heavy (non-hydrogen) atoms. The van der Waals surface area contributed by atoms with Crippen LogP contribution >= 0.6 is 0 Å². The molecule has 1 fully saturated rings. The van der Waals surface area contributed by atoms with Gasteiger partial charge in [0.05, 0.1) is 33.4 Å². The van der Waals surface area contributed by atoms with Crippen molar-refractivity contribution in [1.82, 2.24) is 4.90 Å². The Balaban J connectivity index is 1.70. The number of nitrogens with zero attached hydrogens (tertiary/aromatic N) is 1. The Kier molecular flexibility index (Phi) is 10.2. The van der Waals surface area contributed by atoms with Crippen molar-refractivity contribution in [2.24, 2.45) is 0 Å². The Bertz CT molecular complexity index is 1250. The standard InChI is InChI=1S/C35H46N2O4/c1-23(2)29-14-11-15-30(24(3)4)34(29)36-35(38)37(22-31-32(40-6)20-28(39-5)21-33(31)41-7)27-18-16-26(17-19-27)25-12-9-8-10-13-25/h8-15,20-21,23-24,26-27H,16-19,22H2,1-7H3,(H,36,38). The van der Waals surface area contributed by atoms with Gasteiger partial charge in [0.2, 0.25) is 0 Å². The second-order valence-corrected chi connectivity index (χ2v) is 11.6. The zero-order valence-electron chi connectivity index (χ0n) is 25.7. The number of rotatable bonds is 10. The van der Waals surface area contributed by atoms with E-state index in [1.165, 1.54) is 5.56 Å². The third-order valence-corrected chi connectivity index (χ3v) is 8.42. The third kappa shape index (κ3) is 6.98. The number of para-hydroxylation sites is 1. The maximum atomic E-state index is 14.3. The van der Waals surface area contributed by atoms with Crippen molar-refractivity contribution in [3.8, 4) is 17.2 Å². The summed E-state index contributed by atoms with van der Waals surface area (Å²) in [6.45, 7) is 9.05. The number of ether oxygens (including phenoxy) is 3. The fourth-order valence-corrected chi connectivity index (χ4v) is 6.09. The molecule has 0 saturated heterocycles. The van der Waals surface area contributed by atoms with Crippen LogP contribution in [0.25, 0.3) is 0 Å². The molecule has 1 N–H and O–H groups in total. The summed E-state index contributed by atoms with van der Waals surface area (Å²) in [5, 5.41) is 3.38. The van der Waals surface area contributed by atoms with Gasteiger partial charge in [-0.25, -0.2) is 4.79 Å². The molecule has 2 amide bonds. The summed E-state index contributed by atoms with van der Waals surface area (Å²) in [6.07, 6.45) is 3.93. The molecule has 0 spiro atoms. The second-order valence-electron chi connectivity index (χ2n) is 11.6. The van der Waals surface area contributed by atoms with Crippen LogP contribution in [0.2, 0.25) is 0 Å². The minimum Gasteiger partial charge on any atom is -0.496 e. The van der Waals surface area contributed by atoms with Crippen LogP contribution in [0.15, 0.2) is 60.7 Å². The lowest BCUT2D eigenvalue weighted by atomic mass is 9.81. The molecule has 1 aliphatic carbocycles. The second kappa shape index (κ2) is 13.8. The highest BCUT2D eigenvalue weighted by Gasteiger charge is 2.32. The minimum atomic E-state index is -0.0944. The van der Waals surface area contributed by atoms with E-state index in [-0.39, 0.29) is 23.9 Å². The molecule has 0 radical (unpaired) electrons. The molecule has 6 nitrogen and oxygen atoms in total. The number of amides is 2. The van der Waals surface area contributed by atoms with Gasteiger partial charge in [0, 0.05) is 23.9 Å². The average Bonchev–Trinajstić information content (AvgIpc) is 2.99. The van der Waals surface area contributed by atoms with Crippen LogP contribution in [0.3, 0.4) is 0 Å². The Morgan fingerprint density at radius 3 is 1.85 bits per heavy atom. The summed E-state index contributed by atoms with van der Waals surface area (Å²) in [5.41, 5.74) is 5.44. The molecular formula is C35H46N2O4. The molecule has 0 atom stereocenters. The van der Waals surface area contributed by atoms with E-state index in [4.69, 9.17) is 14.2 Å². The first kappa shape index (κ1) is 30.3. The number of carbonyl (C=O) groups is 1. The number of benzene rings is 3. The van der Waals surface area contributed by atoms with Gasteiger partial charge in [0.25, 0.3) is 0 Å². The monoisotopic (exact) mass is 558 g/mol. The average molecular weight is 559 g/mol. The first-order chi connectivity index (χ1) is 19.8. The van der Waals surface area contributed by atoms with Crippen LogP contribution in [0, 0.1) is 0 Å². The van der Waals surface area contributed by atoms with Crippen molar-refractivity contribution >= 4 is 11.7 Å². The van der Waals surface area contributed by atoms with Crippen LogP contribution < -0.4 is 19.5 Å². The lowest BCUT2D eigenvalue weighted by Crippen LogP contribution is -2.44. The van der Waals surface area contributed by atoms with E-state index in [2.05, 4.69) is 81.5 Å². The summed E-state index contributed by atoms with van der Waals surface area (Å²) in [7, 11) is 4.90. The fraction of sp³-hybridized carbons (Fsp3) is 0.457. The molecule has 0 unspecified atom stereocenters. The van der Waals surface area contributed by atoms with E-state index >= 15 is 0 Å². The van der Waals surface area contributed by atoms with Gasteiger partial charge in [0.15, 0.2) is 0 Å². The molecule has 0 bridgehead atoms. The molecule has 3 aromatic carbocycles. The van der Waals surface area contributed by atoms with Crippen molar-refractivity contribution < 1.29 is 19.0 Å². The van der Waals surface area contributed by atoms with E-state index in [1.54, 1.807) is 21.3 Å². The highest BCUT2D eigenvalue weighted by molar-refractivity contribution is 5.92. The zero-order chi connectivity index (χ0) is 29.5. The highest BCUT2D eigenvalue weighted by Crippen LogP contribution is 2.40. The van der Waals surface area contributed by atoms with Crippen LogP contribution in [0.5, 0.6) is 17.2 Å². The number of anilines is 1. The van der Waals surface area contributed by atoms with E-state index in [1.807, 2.05) is 17.0 Å². The number of carbonyl (C=O) groups excluding carboxylic acids is 1. The molecule has 1 saturated carbocycles. The molecule has 0 heterocycles. The molecule has 1 aliphatic rings. The number of urea groups is 1. The van der Waals surface area contributed by atoms with Gasteiger partial charge >= 0.3 is 6.03 Å². The van der Waals surface area contributed by atoms with Gasteiger partial charge in [-0.2, -0.15) is 0 Å². The van der Waals surface area contributed by atoms with Crippen LogP contribution in [-0.2, 0) is 6.54 Å². The minimum absolute atomic E-state index is 0.0835. The largest absolute Gasteiger partial charge is 0.496 e. The van der Waals surface area contributed by atoms with Crippen molar-refractivity contribution in [1.29, 1.82) is 0 Å². The Morgan fingerprint density at radius 2 is 1.37 bits per heavy atom. The Labute approximate surface area is 246 Å². The molecule has 4 rings (SSSR count). The predicted molar refractivity (Wildman–Crippen MR) is 167 cm³/mol. The first-order valence-electron chi connectivity index (χ1n) is 14.8. The fourth-order valence-electron chi connectivity index (χ4n) is 6.09. The Morgan fingerprint density at radius 1 is 0.805 bits per heavy atom. The van der Waals surface area contributed by atoms with Gasteiger partial charge in [-0.15, -0.1) is 0 Å². The zero-order valence-corrected chi connectivity index (χ0v) is 25.7. The summed E-state index contributed by atoms with van der Waals surface area (Å²) in [5.74, 6) is 3.00. The van der Waals surface area contributed by atoms with Gasteiger partial charge in [-0.3, -0.25) is 0 Å². The lowest BCUT2D eigenvalue weighted by molar-refractivity contribution is 0.156. The molecule has 220 valence electrons. The normalized spacial score (nSPS) is 16.9. The third-order valence-electron chi connectivity index (χ3n) is 8.42. The van der Waals surface area contributed by atoms with Gasteiger partial charge in [0.1, 0.15) is 17.2 Å². The van der Waals surface area contributed by atoms with E-state index in [0.29, 0.717) is 29.7 Å². The quantitative estimate of drug-likeness (QED) is 0.270. The maximum absolute atomic E-state index is 14.3. The van der Waals surface area contributed by atoms with Crippen molar-refractivity contribution in [3.05, 3.63) is 82.9 Å². The van der Waals surface area contributed by atoms with Crippen molar-refractivity contribution in [3.63, 3.8) is 0 Å². The smallest absolute Gasteiger partial charge is 0.322 e.